The van der Waals surface area contributed by atoms with Crippen molar-refractivity contribution in [2.75, 3.05) is 6.61 Å². The van der Waals surface area contributed by atoms with Gasteiger partial charge < -0.3 is 9.47 Å². The monoisotopic (exact) mass is 388 g/mol. The van der Waals surface area contributed by atoms with Gasteiger partial charge in [-0.15, -0.1) is 0 Å². The van der Waals surface area contributed by atoms with Gasteiger partial charge in [-0.25, -0.2) is 0 Å². The Balaban J connectivity index is 1.66. The third-order valence-corrected chi connectivity index (χ3v) is 5.69. The number of hydrogen-bond acceptors (Lipinski definition) is 2. The van der Waals surface area contributed by atoms with Crippen LogP contribution >= 0.6 is 0 Å². The van der Waals surface area contributed by atoms with Gasteiger partial charge in [0, 0.05) is 12.3 Å². The summed E-state index contributed by atoms with van der Waals surface area (Å²) in [4.78, 5) is 0. The van der Waals surface area contributed by atoms with Crippen LogP contribution in [0, 0.1) is 17.8 Å². The number of alkyl halides is 2. The van der Waals surface area contributed by atoms with E-state index in [-0.39, 0.29) is 17.9 Å². The van der Waals surface area contributed by atoms with Crippen molar-refractivity contribution in [1.29, 1.82) is 0 Å². The summed E-state index contributed by atoms with van der Waals surface area (Å²) in [6.45, 7) is 5.50. The van der Waals surface area contributed by atoms with E-state index in [0.717, 1.165) is 43.9 Å². The van der Waals surface area contributed by atoms with E-state index in [1.807, 2.05) is 6.07 Å². The number of para-hydroxylation sites is 1. The number of allylic oxidation sites excluding steroid dienone is 4. The highest BCUT2D eigenvalue weighted by Crippen LogP contribution is 2.43. The van der Waals surface area contributed by atoms with Crippen molar-refractivity contribution >= 4 is 0 Å². The average Bonchev–Trinajstić information content (AvgIpc) is 2.96. The lowest BCUT2D eigenvalue weighted by Gasteiger charge is -2.25. The molecular weight excluding hydrogens is 358 g/mol. The SMILES string of the molecule is C=C1CCC/C=C\C[C@@H]2[C@@H](/C=C/C(F)(F)COc3ccccc3)[C@H](C)C[C@@H]2O1. The molecule has 1 fully saturated rings. The molecule has 0 N–H and O–H groups in total. The summed E-state index contributed by atoms with van der Waals surface area (Å²) in [5.74, 6) is -1.19. The first-order valence-corrected chi connectivity index (χ1v) is 10.2. The van der Waals surface area contributed by atoms with Gasteiger partial charge in [0.1, 0.15) is 11.9 Å². The zero-order valence-corrected chi connectivity index (χ0v) is 16.5. The summed E-state index contributed by atoms with van der Waals surface area (Å²) in [5.41, 5.74) is 0. The molecule has 0 aromatic heterocycles. The molecule has 152 valence electrons. The van der Waals surface area contributed by atoms with Crippen LogP contribution in [0.5, 0.6) is 5.75 Å². The number of rotatable bonds is 5. The maximum Gasteiger partial charge on any atom is 0.299 e. The molecule has 0 spiro atoms. The van der Waals surface area contributed by atoms with Crippen molar-refractivity contribution in [1.82, 2.24) is 0 Å². The quantitative estimate of drug-likeness (QED) is 0.532. The Bertz CT molecular complexity index is 696. The number of ether oxygens (including phenoxy) is 2. The lowest BCUT2D eigenvalue weighted by molar-refractivity contribution is 0.00425. The highest BCUT2D eigenvalue weighted by atomic mass is 19.3. The van der Waals surface area contributed by atoms with Crippen LogP contribution in [-0.4, -0.2) is 18.6 Å². The fourth-order valence-corrected chi connectivity index (χ4v) is 4.20. The predicted molar refractivity (Wildman–Crippen MR) is 108 cm³/mol. The standard InChI is InChI=1S/C24H30F2O2/c1-18-16-23-22(13-9-4-3-6-10-19(2)28-23)21(18)14-15-24(25,26)17-27-20-11-7-5-8-12-20/h4-5,7-9,11-12,14-15,18,21-23H,2-3,6,10,13,16-17H2,1H3/b9-4-,15-14+/t18-,21+,22-,23+/m1/s1. The molecular formula is C24H30F2O2. The minimum absolute atomic E-state index is 0.0501. The van der Waals surface area contributed by atoms with Crippen LogP contribution in [0.15, 0.2) is 67.0 Å². The number of fused-ring (bicyclic) bond motifs is 1. The zero-order chi connectivity index (χ0) is 20.0. The Kier molecular flexibility index (Phi) is 6.93. The van der Waals surface area contributed by atoms with E-state index in [1.165, 1.54) is 0 Å². The first-order chi connectivity index (χ1) is 13.4. The maximum absolute atomic E-state index is 14.4. The Morgan fingerprint density at radius 2 is 2.04 bits per heavy atom. The minimum Gasteiger partial charge on any atom is -0.495 e. The topological polar surface area (TPSA) is 18.5 Å². The molecule has 1 aromatic rings. The first kappa shape index (κ1) is 20.6. The van der Waals surface area contributed by atoms with Gasteiger partial charge in [0.15, 0.2) is 6.61 Å². The lowest BCUT2D eigenvalue weighted by atomic mass is 9.86. The molecule has 0 saturated heterocycles. The highest BCUT2D eigenvalue weighted by molar-refractivity contribution is 5.21. The Hall–Kier alpha value is -2.10. The van der Waals surface area contributed by atoms with Gasteiger partial charge in [0.25, 0.3) is 5.92 Å². The molecule has 1 aliphatic heterocycles. The Morgan fingerprint density at radius 3 is 2.82 bits per heavy atom. The Morgan fingerprint density at radius 1 is 1.25 bits per heavy atom. The van der Waals surface area contributed by atoms with E-state index >= 15 is 0 Å². The van der Waals surface area contributed by atoms with Crippen molar-refractivity contribution in [3.8, 4) is 5.75 Å². The van der Waals surface area contributed by atoms with E-state index < -0.39 is 12.5 Å². The minimum atomic E-state index is -3.01. The molecule has 1 heterocycles. The number of benzene rings is 1. The molecule has 1 aromatic carbocycles. The third-order valence-electron chi connectivity index (χ3n) is 5.69. The van der Waals surface area contributed by atoms with Gasteiger partial charge >= 0.3 is 0 Å². The molecule has 0 amide bonds. The van der Waals surface area contributed by atoms with Gasteiger partial charge in [-0.05, 0) is 55.7 Å². The molecule has 3 rings (SSSR count). The maximum atomic E-state index is 14.4. The fourth-order valence-electron chi connectivity index (χ4n) is 4.20. The van der Waals surface area contributed by atoms with Gasteiger partial charge in [-0.3, -0.25) is 0 Å². The van der Waals surface area contributed by atoms with Crippen molar-refractivity contribution < 1.29 is 18.3 Å². The number of hydrogen-bond donors (Lipinski definition) is 0. The second kappa shape index (κ2) is 9.40. The van der Waals surface area contributed by atoms with Crippen LogP contribution in [0.2, 0.25) is 0 Å². The molecule has 4 atom stereocenters. The smallest absolute Gasteiger partial charge is 0.299 e. The zero-order valence-electron chi connectivity index (χ0n) is 16.5. The van der Waals surface area contributed by atoms with Crippen molar-refractivity contribution in [2.45, 2.75) is 51.1 Å². The van der Waals surface area contributed by atoms with Crippen LogP contribution in [0.25, 0.3) is 0 Å². The summed E-state index contributed by atoms with van der Waals surface area (Å²) in [6.07, 6.45) is 11.8. The van der Waals surface area contributed by atoms with Gasteiger partial charge in [0.2, 0.25) is 0 Å². The second-order valence-corrected chi connectivity index (χ2v) is 7.97. The fraction of sp³-hybridized carbons (Fsp3) is 0.500. The summed E-state index contributed by atoms with van der Waals surface area (Å²) in [7, 11) is 0. The molecule has 2 aliphatic rings. The van der Waals surface area contributed by atoms with Crippen LogP contribution in [0.1, 0.15) is 39.0 Å². The van der Waals surface area contributed by atoms with E-state index in [1.54, 1.807) is 30.3 Å². The molecule has 2 nitrogen and oxygen atoms in total. The predicted octanol–water partition coefficient (Wildman–Crippen LogP) is 6.56. The molecule has 0 unspecified atom stereocenters. The molecule has 1 aliphatic carbocycles. The van der Waals surface area contributed by atoms with Crippen molar-refractivity contribution in [3.05, 3.63) is 67.0 Å². The van der Waals surface area contributed by atoms with E-state index in [2.05, 4.69) is 25.7 Å². The molecule has 0 bridgehead atoms. The molecule has 28 heavy (non-hydrogen) atoms. The summed E-state index contributed by atoms with van der Waals surface area (Å²) in [5, 5.41) is 0. The van der Waals surface area contributed by atoms with E-state index in [9.17, 15) is 8.78 Å². The van der Waals surface area contributed by atoms with Gasteiger partial charge in [0.05, 0.1) is 5.76 Å². The van der Waals surface area contributed by atoms with Gasteiger partial charge in [-0.2, -0.15) is 8.78 Å². The summed E-state index contributed by atoms with van der Waals surface area (Å²) < 4.78 is 40.1. The van der Waals surface area contributed by atoms with Gasteiger partial charge in [-0.1, -0.05) is 49.9 Å². The second-order valence-electron chi connectivity index (χ2n) is 7.97. The largest absolute Gasteiger partial charge is 0.495 e. The summed E-state index contributed by atoms with van der Waals surface area (Å²) in [6, 6.07) is 8.72. The van der Waals surface area contributed by atoms with Crippen molar-refractivity contribution in [3.63, 3.8) is 0 Å². The third kappa shape index (κ3) is 5.70. The van der Waals surface area contributed by atoms with Crippen LogP contribution in [0.4, 0.5) is 8.78 Å². The van der Waals surface area contributed by atoms with Crippen LogP contribution < -0.4 is 4.74 Å². The average molecular weight is 388 g/mol. The van der Waals surface area contributed by atoms with Crippen LogP contribution in [-0.2, 0) is 4.74 Å². The molecule has 0 radical (unpaired) electrons. The van der Waals surface area contributed by atoms with E-state index in [4.69, 9.17) is 9.47 Å². The summed E-state index contributed by atoms with van der Waals surface area (Å²) >= 11 is 0. The highest BCUT2D eigenvalue weighted by Gasteiger charge is 2.41. The Labute approximate surface area is 166 Å². The molecule has 1 saturated carbocycles. The lowest BCUT2D eigenvalue weighted by Crippen LogP contribution is -2.25. The van der Waals surface area contributed by atoms with Crippen LogP contribution in [0.3, 0.4) is 0 Å². The molecule has 4 heteroatoms. The number of halogens is 2. The van der Waals surface area contributed by atoms with E-state index in [0.29, 0.717) is 11.7 Å². The van der Waals surface area contributed by atoms with Crippen molar-refractivity contribution in [2.24, 2.45) is 17.8 Å². The normalized spacial score (nSPS) is 29.9. The first-order valence-electron chi connectivity index (χ1n) is 10.2.